The molecule has 0 aromatic heterocycles. The zero-order valence-corrected chi connectivity index (χ0v) is 41.2. The van der Waals surface area contributed by atoms with Crippen molar-refractivity contribution in [3.05, 3.63) is 69.8 Å². The smallest absolute Gasteiger partial charge is 0.331 e. The van der Waals surface area contributed by atoms with Crippen molar-refractivity contribution in [2.24, 2.45) is 0 Å². The number of amides is 4. The highest BCUT2D eigenvalue weighted by Crippen LogP contribution is 2.25. The first-order valence-electron chi connectivity index (χ1n) is 21.4. The Morgan fingerprint density at radius 3 is 0.820 bits per heavy atom. The molecule has 0 atom stereocenters. The van der Waals surface area contributed by atoms with Crippen LogP contribution in [0.1, 0.15) is 52.6 Å². The van der Waals surface area contributed by atoms with Crippen molar-refractivity contribution in [3.8, 4) is 0 Å². The van der Waals surface area contributed by atoms with Crippen molar-refractivity contribution >= 4 is 57.9 Å². The van der Waals surface area contributed by atoms with E-state index in [0.717, 1.165) is 11.1 Å². The Labute approximate surface area is 364 Å². The fraction of sp³-hybridized carbons (Fsp3) is 0.610. The van der Waals surface area contributed by atoms with Gasteiger partial charge in [-0.3, -0.25) is 19.2 Å². The van der Waals surface area contributed by atoms with Crippen LogP contribution in [0.15, 0.2) is 36.4 Å². The van der Waals surface area contributed by atoms with Gasteiger partial charge in [0.05, 0.1) is 75.1 Å². The molecule has 20 heteroatoms. The highest BCUT2D eigenvalue weighted by atomic mass is 28.4. The lowest BCUT2D eigenvalue weighted by molar-refractivity contribution is 0.0561. The van der Waals surface area contributed by atoms with Crippen molar-refractivity contribution in [1.29, 1.82) is 0 Å². The second-order valence-electron chi connectivity index (χ2n) is 17.5. The first-order valence-corrected chi connectivity index (χ1v) is 32.6. The zero-order chi connectivity index (χ0) is 44.0. The number of rotatable bonds is 6. The Morgan fingerprint density at radius 2 is 0.590 bits per heavy atom. The second-order valence-corrected chi connectivity index (χ2v) is 31.0. The van der Waals surface area contributed by atoms with Gasteiger partial charge in [0.1, 0.15) is 0 Å². The molecule has 4 fully saturated rings. The molecule has 4 aliphatic rings. The molecule has 0 spiro atoms. The van der Waals surface area contributed by atoms with E-state index in [4.69, 9.17) is 35.4 Å². The molecule has 61 heavy (non-hydrogen) atoms. The second kappa shape index (κ2) is 20.1. The van der Waals surface area contributed by atoms with Crippen molar-refractivity contribution in [1.82, 2.24) is 19.6 Å². The summed E-state index contributed by atoms with van der Waals surface area (Å²) >= 11 is 0. The first-order chi connectivity index (χ1) is 28.8. The Hall–Kier alpha value is -3.13. The van der Waals surface area contributed by atoms with Crippen LogP contribution in [0.5, 0.6) is 0 Å². The van der Waals surface area contributed by atoms with Gasteiger partial charge in [-0.1, -0.05) is 12.1 Å². The summed E-state index contributed by atoms with van der Waals surface area (Å²) in [6.45, 7) is 21.4. The van der Waals surface area contributed by atoms with Gasteiger partial charge in [-0.05, 0) is 94.2 Å². The first kappa shape index (κ1) is 47.3. The van der Waals surface area contributed by atoms with Gasteiger partial charge >= 0.3 is 34.2 Å². The van der Waals surface area contributed by atoms with Crippen LogP contribution in [0.4, 0.5) is 0 Å². The summed E-state index contributed by atoms with van der Waals surface area (Å²) in [4.78, 5) is 64.2. The van der Waals surface area contributed by atoms with Crippen LogP contribution in [0.3, 0.4) is 0 Å². The van der Waals surface area contributed by atoms with E-state index in [0.29, 0.717) is 112 Å². The van der Waals surface area contributed by atoms with Crippen molar-refractivity contribution in [3.63, 3.8) is 0 Å². The third-order valence-corrected chi connectivity index (χ3v) is 18.3. The SMILES string of the molecule is C[Si]1(C)OCCN(C(=O)c2ccc(Cc3ccc(C(=O)N4CCO[Si](C)(C)OCC4)c(C(=O)N4CCO[Si](C)(C)OCC4)c3)cc2C(=O)N2CCO[Si](C)(C)OCC2)CCO1. The van der Waals surface area contributed by atoms with Gasteiger partial charge in [0.15, 0.2) is 0 Å². The minimum atomic E-state index is -2.30. The van der Waals surface area contributed by atoms with Crippen LogP contribution in [0.2, 0.25) is 52.4 Å². The summed E-state index contributed by atoms with van der Waals surface area (Å²) in [5.74, 6) is -1.18. The summed E-state index contributed by atoms with van der Waals surface area (Å²) in [5, 5.41) is 0. The zero-order valence-electron chi connectivity index (χ0n) is 37.2. The molecule has 4 amide bonds. The molecule has 2 aromatic rings. The van der Waals surface area contributed by atoms with Crippen LogP contribution in [-0.4, -0.2) is 183 Å². The topological polar surface area (TPSA) is 155 Å². The quantitative estimate of drug-likeness (QED) is 0.385. The summed E-state index contributed by atoms with van der Waals surface area (Å²) in [6, 6.07) is 10.6. The molecule has 0 radical (unpaired) electrons. The van der Waals surface area contributed by atoms with Gasteiger partial charge in [-0.15, -0.1) is 0 Å². The predicted octanol–water partition coefficient (Wildman–Crippen LogP) is 4.04. The summed E-state index contributed by atoms with van der Waals surface area (Å²) in [5.41, 5.74) is 2.59. The molecule has 0 unspecified atom stereocenters. The van der Waals surface area contributed by atoms with Crippen molar-refractivity contribution in [2.75, 3.05) is 105 Å². The van der Waals surface area contributed by atoms with E-state index >= 15 is 0 Å². The number of benzene rings is 2. The predicted molar refractivity (Wildman–Crippen MR) is 237 cm³/mol. The molecule has 16 nitrogen and oxygen atoms in total. The molecular weight excluding hydrogens is 853 g/mol. The third kappa shape index (κ3) is 13.0. The number of carbonyl (C=O) groups is 4. The van der Waals surface area contributed by atoms with Crippen LogP contribution in [0, 0.1) is 0 Å². The molecule has 2 aromatic carbocycles. The maximum atomic E-state index is 14.5. The molecule has 336 valence electrons. The number of carbonyl (C=O) groups excluding carboxylic acids is 4. The lowest BCUT2D eigenvalue weighted by Crippen LogP contribution is -2.47. The summed E-state index contributed by atoms with van der Waals surface area (Å²) in [7, 11) is -9.14. The molecule has 4 saturated heterocycles. The minimum absolute atomic E-state index is 0.265. The van der Waals surface area contributed by atoms with Gasteiger partial charge in [0, 0.05) is 52.4 Å². The number of hydrogen-bond acceptors (Lipinski definition) is 12. The van der Waals surface area contributed by atoms with Gasteiger partial charge in [-0.25, -0.2) is 0 Å². The molecule has 0 bridgehead atoms. The highest BCUT2D eigenvalue weighted by molar-refractivity contribution is 6.65. The largest absolute Gasteiger partial charge is 0.393 e. The monoisotopic (exact) mass is 916 g/mol. The molecular formula is C41H64N4O12Si4. The highest BCUT2D eigenvalue weighted by Gasteiger charge is 2.35. The lowest BCUT2D eigenvalue weighted by Gasteiger charge is -2.33. The van der Waals surface area contributed by atoms with E-state index in [9.17, 15) is 19.2 Å². The van der Waals surface area contributed by atoms with E-state index in [1.807, 2.05) is 64.5 Å². The average molecular weight is 917 g/mol. The van der Waals surface area contributed by atoms with Crippen molar-refractivity contribution in [2.45, 2.75) is 58.8 Å². The van der Waals surface area contributed by atoms with Gasteiger partial charge in [0.2, 0.25) is 0 Å². The maximum absolute atomic E-state index is 14.5. The van der Waals surface area contributed by atoms with E-state index < -0.39 is 34.2 Å². The Kier molecular flexibility index (Phi) is 15.6. The van der Waals surface area contributed by atoms with Crippen molar-refractivity contribution < 1.29 is 54.6 Å². The van der Waals surface area contributed by atoms with Gasteiger partial charge in [0.25, 0.3) is 23.6 Å². The van der Waals surface area contributed by atoms with Gasteiger partial charge in [-0.2, -0.15) is 0 Å². The lowest BCUT2D eigenvalue weighted by atomic mass is 9.94. The van der Waals surface area contributed by atoms with Crippen LogP contribution < -0.4 is 0 Å². The Balaban J connectivity index is 1.32. The summed E-state index contributed by atoms with van der Waals surface area (Å²) in [6.07, 6.45) is 0.317. The van der Waals surface area contributed by atoms with Crippen LogP contribution in [0.25, 0.3) is 0 Å². The molecule has 6 rings (SSSR count). The fourth-order valence-corrected chi connectivity index (χ4v) is 12.7. The Morgan fingerprint density at radius 1 is 0.377 bits per heavy atom. The molecule has 0 aliphatic carbocycles. The fourth-order valence-electron chi connectivity index (χ4n) is 7.69. The number of nitrogens with zero attached hydrogens (tertiary/aromatic N) is 4. The number of hydrogen-bond donors (Lipinski definition) is 0. The van der Waals surface area contributed by atoms with E-state index in [1.165, 1.54) is 0 Å². The Bertz CT molecular complexity index is 1740. The molecule has 0 saturated carbocycles. The van der Waals surface area contributed by atoms with Crippen LogP contribution >= 0.6 is 0 Å². The molecule has 4 aliphatic heterocycles. The van der Waals surface area contributed by atoms with E-state index in [-0.39, 0.29) is 45.9 Å². The standard InChI is InChI=1S/C41H64N4O12Si4/c1-58(2)50-21-13-42(14-22-51-58)38(46)34-11-9-32(30-36(34)40(48)44-17-25-54-60(5,6)55-26-18-44)29-33-10-12-35(39(47)43-15-23-52-59(3,4)53-24-16-43)37(31-33)41(49)45-19-27-56-61(7,8)57-28-20-45/h9-12,30-31H,13-29H2,1-8H3. The average Bonchev–Trinajstić information content (AvgIpc) is 3.17. The van der Waals surface area contributed by atoms with E-state index in [2.05, 4.69) is 0 Å². The maximum Gasteiger partial charge on any atom is 0.331 e. The minimum Gasteiger partial charge on any atom is -0.393 e. The van der Waals surface area contributed by atoms with E-state index in [1.54, 1.807) is 43.9 Å². The normalized spacial score (nSPS) is 22.6. The molecule has 4 heterocycles. The van der Waals surface area contributed by atoms with Crippen LogP contribution in [-0.2, 0) is 41.8 Å². The van der Waals surface area contributed by atoms with Gasteiger partial charge < -0.3 is 55.0 Å². The molecule has 0 N–H and O–H groups in total. The summed E-state index contributed by atoms with van der Waals surface area (Å²) < 4.78 is 48.1. The third-order valence-electron chi connectivity index (χ3n) is 11.1.